The lowest BCUT2D eigenvalue weighted by molar-refractivity contribution is -0.274. The van der Waals surface area contributed by atoms with Crippen molar-refractivity contribution in [2.75, 3.05) is 11.9 Å². The smallest absolute Gasteiger partial charge is 0.454 e. The van der Waals surface area contributed by atoms with Gasteiger partial charge in [0.1, 0.15) is 5.75 Å². The first kappa shape index (κ1) is 20.9. The first-order valence-electron chi connectivity index (χ1n) is 8.14. The normalized spacial score (nSPS) is 10.9. The summed E-state index contributed by atoms with van der Waals surface area (Å²) in [6, 6.07) is 10.2. The van der Waals surface area contributed by atoms with Crippen LogP contribution in [0.2, 0.25) is 0 Å². The predicted molar refractivity (Wildman–Crippen MR) is 93.1 cm³/mol. The second-order valence-electron chi connectivity index (χ2n) is 5.55. The number of ketones is 1. The average Bonchev–Trinajstić information content (AvgIpc) is 2.65. The summed E-state index contributed by atoms with van der Waals surface area (Å²) in [6.45, 7) is 1.17. The maximum atomic E-state index is 12.1. The number of anilines is 1. The Labute approximate surface area is 158 Å². The van der Waals surface area contributed by atoms with Gasteiger partial charge in [-0.05, 0) is 48.5 Å². The third-order valence-electron chi connectivity index (χ3n) is 3.47. The summed E-state index contributed by atoms with van der Waals surface area (Å²) in [5.74, 6) is -1.98. The molecule has 0 saturated heterocycles. The molecule has 0 spiro atoms. The number of esters is 1. The van der Waals surface area contributed by atoms with Crippen LogP contribution in [0.5, 0.6) is 5.75 Å². The molecule has 0 atom stereocenters. The Balaban J connectivity index is 1.89. The van der Waals surface area contributed by atoms with Crippen LogP contribution >= 0.6 is 0 Å². The number of hydrogen-bond donors (Lipinski definition) is 1. The SMILES string of the molecule is CCC(=O)Nc1ccc(C(=O)COC(=O)c2ccc(OC(F)(F)F)cc2)cc1. The van der Waals surface area contributed by atoms with Crippen molar-refractivity contribution in [1.29, 1.82) is 0 Å². The van der Waals surface area contributed by atoms with Gasteiger partial charge in [-0.15, -0.1) is 13.2 Å². The van der Waals surface area contributed by atoms with Gasteiger partial charge in [0.05, 0.1) is 5.56 Å². The second kappa shape index (κ2) is 9.03. The van der Waals surface area contributed by atoms with Gasteiger partial charge in [0, 0.05) is 17.7 Å². The van der Waals surface area contributed by atoms with Crippen molar-refractivity contribution in [3.05, 3.63) is 59.7 Å². The zero-order valence-corrected chi connectivity index (χ0v) is 14.7. The maximum Gasteiger partial charge on any atom is 0.573 e. The van der Waals surface area contributed by atoms with E-state index in [1.54, 1.807) is 19.1 Å². The van der Waals surface area contributed by atoms with Crippen molar-refractivity contribution in [3.63, 3.8) is 0 Å². The van der Waals surface area contributed by atoms with Crippen LogP contribution in [0.3, 0.4) is 0 Å². The molecule has 0 unspecified atom stereocenters. The van der Waals surface area contributed by atoms with Crippen molar-refractivity contribution in [3.8, 4) is 5.75 Å². The van der Waals surface area contributed by atoms with Gasteiger partial charge in [-0.1, -0.05) is 6.92 Å². The molecule has 28 heavy (non-hydrogen) atoms. The summed E-state index contributed by atoms with van der Waals surface area (Å²) in [6.07, 6.45) is -4.51. The van der Waals surface area contributed by atoms with Crippen LogP contribution in [0.4, 0.5) is 18.9 Å². The van der Waals surface area contributed by atoms with Gasteiger partial charge in [-0.25, -0.2) is 4.79 Å². The van der Waals surface area contributed by atoms with Gasteiger partial charge in [-0.2, -0.15) is 0 Å². The molecule has 0 heterocycles. The van der Waals surface area contributed by atoms with E-state index >= 15 is 0 Å². The maximum absolute atomic E-state index is 12.1. The molecule has 0 saturated carbocycles. The highest BCUT2D eigenvalue weighted by molar-refractivity contribution is 6.00. The van der Waals surface area contributed by atoms with Crippen molar-refractivity contribution < 1.29 is 37.0 Å². The Morgan fingerprint density at radius 3 is 2.04 bits per heavy atom. The third-order valence-corrected chi connectivity index (χ3v) is 3.47. The molecule has 0 aromatic heterocycles. The largest absolute Gasteiger partial charge is 0.573 e. The molecule has 0 aliphatic rings. The monoisotopic (exact) mass is 395 g/mol. The summed E-state index contributed by atoms with van der Waals surface area (Å²) in [5, 5.41) is 2.63. The second-order valence-corrected chi connectivity index (χ2v) is 5.55. The zero-order valence-electron chi connectivity index (χ0n) is 14.7. The summed E-state index contributed by atoms with van der Waals surface area (Å²) >= 11 is 0. The number of rotatable bonds is 7. The summed E-state index contributed by atoms with van der Waals surface area (Å²) in [7, 11) is 0. The van der Waals surface area contributed by atoms with E-state index in [2.05, 4.69) is 10.1 Å². The minimum absolute atomic E-state index is 0.0278. The molecule has 9 heteroatoms. The minimum Gasteiger partial charge on any atom is -0.454 e. The van der Waals surface area contributed by atoms with Crippen molar-refractivity contribution >= 4 is 23.3 Å². The van der Waals surface area contributed by atoms with Crippen LogP contribution in [-0.4, -0.2) is 30.6 Å². The molecular formula is C19H16F3NO5. The fourth-order valence-electron chi connectivity index (χ4n) is 2.08. The van der Waals surface area contributed by atoms with Crippen LogP contribution in [-0.2, 0) is 9.53 Å². The number of halogens is 3. The van der Waals surface area contributed by atoms with Gasteiger partial charge in [-0.3, -0.25) is 9.59 Å². The average molecular weight is 395 g/mol. The van der Waals surface area contributed by atoms with E-state index in [0.717, 1.165) is 24.3 Å². The van der Waals surface area contributed by atoms with Crippen molar-refractivity contribution in [2.45, 2.75) is 19.7 Å². The van der Waals surface area contributed by atoms with Gasteiger partial charge in [0.25, 0.3) is 0 Å². The lowest BCUT2D eigenvalue weighted by Gasteiger charge is -2.09. The first-order chi connectivity index (χ1) is 13.2. The Kier molecular flexibility index (Phi) is 6.75. The van der Waals surface area contributed by atoms with Gasteiger partial charge < -0.3 is 14.8 Å². The van der Waals surface area contributed by atoms with E-state index in [4.69, 9.17) is 4.74 Å². The summed E-state index contributed by atoms with van der Waals surface area (Å²) < 4.78 is 44.9. The summed E-state index contributed by atoms with van der Waals surface area (Å²) in [5.41, 5.74) is 0.776. The topological polar surface area (TPSA) is 81.7 Å². The van der Waals surface area contributed by atoms with Crippen LogP contribution in [0.15, 0.2) is 48.5 Å². The molecule has 0 aliphatic carbocycles. The molecule has 1 amide bonds. The minimum atomic E-state index is -4.83. The zero-order chi connectivity index (χ0) is 20.7. The highest BCUT2D eigenvalue weighted by Crippen LogP contribution is 2.23. The van der Waals surface area contributed by atoms with E-state index in [1.807, 2.05) is 0 Å². The standard InChI is InChI=1S/C19H16F3NO5/c1-2-17(25)23-14-7-3-12(4-8-14)16(24)11-27-18(26)13-5-9-15(10-6-13)28-19(20,21)22/h3-10H,2,11H2,1H3,(H,23,25). The predicted octanol–water partition coefficient (Wildman–Crippen LogP) is 3.97. The van der Waals surface area contributed by atoms with Gasteiger partial charge in [0.2, 0.25) is 5.91 Å². The molecule has 0 fully saturated rings. The number of ether oxygens (including phenoxy) is 2. The molecule has 148 valence electrons. The number of carbonyl (C=O) groups is 3. The van der Waals surface area contributed by atoms with Gasteiger partial charge >= 0.3 is 12.3 Å². The Morgan fingerprint density at radius 1 is 0.929 bits per heavy atom. The Hall–Kier alpha value is -3.36. The number of carbonyl (C=O) groups excluding carboxylic acids is 3. The molecular weight excluding hydrogens is 379 g/mol. The number of hydrogen-bond acceptors (Lipinski definition) is 5. The number of benzene rings is 2. The summed E-state index contributed by atoms with van der Waals surface area (Å²) in [4.78, 5) is 35.3. The van der Waals surface area contributed by atoms with E-state index < -0.39 is 30.5 Å². The quantitative estimate of drug-likeness (QED) is 0.567. The Bertz CT molecular complexity index is 845. The fraction of sp³-hybridized carbons (Fsp3) is 0.211. The van der Waals surface area contributed by atoms with E-state index in [0.29, 0.717) is 12.1 Å². The lowest BCUT2D eigenvalue weighted by atomic mass is 10.1. The van der Waals surface area contributed by atoms with Crippen molar-refractivity contribution in [2.24, 2.45) is 0 Å². The molecule has 0 aliphatic heterocycles. The van der Waals surface area contributed by atoms with Crippen LogP contribution in [0.25, 0.3) is 0 Å². The van der Waals surface area contributed by atoms with E-state index in [1.165, 1.54) is 12.1 Å². The van der Waals surface area contributed by atoms with E-state index in [-0.39, 0.29) is 17.0 Å². The van der Waals surface area contributed by atoms with Crippen molar-refractivity contribution in [1.82, 2.24) is 0 Å². The molecule has 0 radical (unpaired) electrons. The van der Waals surface area contributed by atoms with Gasteiger partial charge in [0.15, 0.2) is 12.4 Å². The number of alkyl halides is 3. The number of amides is 1. The molecule has 2 rings (SSSR count). The molecule has 1 N–H and O–H groups in total. The van der Waals surface area contributed by atoms with E-state index in [9.17, 15) is 27.6 Å². The highest BCUT2D eigenvalue weighted by Gasteiger charge is 2.31. The first-order valence-corrected chi connectivity index (χ1v) is 8.14. The molecule has 2 aromatic rings. The third kappa shape index (κ3) is 6.42. The fourth-order valence-corrected chi connectivity index (χ4v) is 2.08. The van der Waals surface area contributed by atoms with Crippen LogP contribution in [0.1, 0.15) is 34.1 Å². The molecule has 6 nitrogen and oxygen atoms in total. The number of nitrogens with one attached hydrogen (secondary N) is 1. The highest BCUT2D eigenvalue weighted by atomic mass is 19.4. The number of Topliss-reactive ketones (excluding diaryl/α,β-unsaturated/α-hetero) is 1. The van der Waals surface area contributed by atoms with Crippen LogP contribution in [0, 0.1) is 0 Å². The Morgan fingerprint density at radius 2 is 1.50 bits per heavy atom. The molecule has 0 bridgehead atoms. The lowest BCUT2D eigenvalue weighted by Crippen LogP contribution is -2.17. The van der Waals surface area contributed by atoms with Crippen LogP contribution < -0.4 is 10.1 Å². The molecule has 2 aromatic carbocycles.